The smallest absolute Gasteiger partial charge is 0.416 e. The number of rotatable bonds is 4. The Balaban J connectivity index is 0.00000480. The van der Waals surface area contributed by atoms with Crippen LogP contribution in [0.4, 0.5) is 13.2 Å². The van der Waals surface area contributed by atoms with Crippen LogP contribution in [0.2, 0.25) is 0 Å². The van der Waals surface area contributed by atoms with Crippen molar-refractivity contribution in [3.05, 3.63) is 80.9 Å². The molecule has 1 radical (unpaired) electrons. The summed E-state index contributed by atoms with van der Waals surface area (Å²) >= 11 is 1.29. The van der Waals surface area contributed by atoms with Gasteiger partial charge in [-0.05, 0) is 62.2 Å². The number of ether oxygens (including phenoxy) is 4. The maximum absolute atomic E-state index is 13.8. The van der Waals surface area contributed by atoms with Gasteiger partial charge in [-0.2, -0.15) is 18.4 Å². The third-order valence-electron chi connectivity index (χ3n) is 11.4. The SMILES string of the molecule is COc1c(C)cc2c(c1O)[C@@H]1C3[C@@H]4SC[C@H](NC(=O)/C=C/c5ccc(C(F)(F)F)cc5)C(=O)OC[C@@H](c5c6c(c(C)c(O)c54)OCO6)N3[C@@H](C#N)[C@H](C2)N1C.[Ac]. The van der Waals surface area contributed by atoms with Gasteiger partial charge in [-0.15, -0.1) is 11.8 Å². The third-order valence-corrected chi connectivity index (χ3v) is 12.8. The molecule has 3 N–H and O–H groups in total. The van der Waals surface area contributed by atoms with Crippen LogP contribution in [0.1, 0.15) is 61.8 Å². The number of halogens is 3. The number of aromatic hydroxyl groups is 2. The first-order chi connectivity index (χ1) is 26.2. The van der Waals surface area contributed by atoms with Crippen LogP contribution in [-0.4, -0.2) is 89.4 Å². The first-order valence-corrected chi connectivity index (χ1v) is 18.7. The predicted molar refractivity (Wildman–Crippen MR) is 193 cm³/mol. The molecule has 0 aromatic heterocycles. The molecule has 3 aromatic rings. The fourth-order valence-electron chi connectivity index (χ4n) is 8.98. The molecule has 1 amide bonds. The number of carbonyl (C=O) groups is 2. The molecule has 291 valence electrons. The number of aryl methyl sites for hydroxylation is 1. The fraction of sp³-hybridized carbons (Fsp3) is 0.410. The Labute approximate surface area is 360 Å². The van der Waals surface area contributed by atoms with Crippen molar-refractivity contribution in [3.63, 3.8) is 0 Å². The minimum Gasteiger partial charge on any atom is -0.507 e. The standard InChI is InChI=1S/C39H37F3N4O8S.Ac/c1-17-11-20-12-23-24(13-43)46-25-14-52-38(50)22(44-26(47)10-7-19-5-8-21(9-6-19)39(40,41)42)15-55-37(29-28(25)36-35(53-16-54-36)18(2)32(29)48)31(46)30(45(23)3)27(20)33(49)34(17)51-4;/h5-11,22-25,30-31,37,48-49H,12,14-16H2,1-4H3,(H,44,47);/b10-7+;/t22-,23-,24-,25-,30+,31?,37+;/m0./s1. The average Bonchev–Trinajstić information content (AvgIpc) is 3.64. The first-order valence-electron chi connectivity index (χ1n) is 17.6. The van der Waals surface area contributed by atoms with E-state index in [1.165, 1.54) is 37.1 Å². The Morgan fingerprint density at radius 1 is 1.09 bits per heavy atom. The second-order valence-corrected chi connectivity index (χ2v) is 15.5. The number of esters is 1. The Hall–Kier alpha value is -3.67. The van der Waals surface area contributed by atoms with Gasteiger partial charge in [0.1, 0.15) is 24.4 Å². The number of piperazine rings is 1. The largest absolute Gasteiger partial charge is 0.507 e. The van der Waals surface area contributed by atoms with E-state index in [0.717, 1.165) is 29.3 Å². The molecule has 56 heavy (non-hydrogen) atoms. The number of hydrogen-bond acceptors (Lipinski definition) is 12. The number of phenolic OH excluding ortho intramolecular Hbond substituents is 2. The van der Waals surface area contributed by atoms with E-state index in [-0.39, 0.29) is 80.8 Å². The Kier molecular flexibility index (Phi) is 11.0. The van der Waals surface area contributed by atoms with Crippen LogP contribution in [0.25, 0.3) is 6.08 Å². The van der Waals surface area contributed by atoms with Crippen LogP contribution < -0.4 is 19.5 Å². The van der Waals surface area contributed by atoms with E-state index < -0.39 is 59.1 Å². The molecule has 1 unspecified atom stereocenters. The van der Waals surface area contributed by atoms with Crippen molar-refractivity contribution in [3.8, 4) is 34.8 Å². The molecule has 6 aliphatic rings. The van der Waals surface area contributed by atoms with E-state index in [4.69, 9.17) is 18.9 Å². The predicted octanol–water partition coefficient (Wildman–Crippen LogP) is 5.23. The molecule has 0 spiro atoms. The van der Waals surface area contributed by atoms with Crippen LogP contribution in [0.5, 0.6) is 28.7 Å². The van der Waals surface area contributed by atoms with Crippen LogP contribution >= 0.6 is 11.8 Å². The van der Waals surface area contributed by atoms with Gasteiger partial charge in [0, 0.05) is 90.2 Å². The minimum atomic E-state index is -4.50. The Morgan fingerprint density at radius 3 is 2.48 bits per heavy atom. The van der Waals surface area contributed by atoms with E-state index in [1.54, 1.807) is 6.92 Å². The molecule has 2 saturated heterocycles. The molecular weight excluding hydrogens is 969 g/mol. The summed E-state index contributed by atoms with van der Waals surface area (Å²) in [5, 5.41) is 36.8. The van der Waals surface area contributed by atoms with Crippen molar-refractivity contribution < 1.29 is 96.0 Å². The normalized spacial score (nSPS) is 26.6. The minimum absolute atomic E-state index is 0. The molecule has 2 fully saturated rings. The van der Waals surface area contributed by atoms with E-state index >= 15 is 0 Å². The number of hydrogen-bond donors (Lipinski definition) is 3. The quantitative estimate of drug-likeness (QED) is 0.232. The molecule has 6 aliphatic heterocycles. The van der Waals surface area contributed by atoms with Crippen LogP contribution in [0.15, 0.2) is 36.4 Å². The summed E-state index contributed by atoms with van der Waals surface area (Å²) < 4.78 is 62.6. The number of phenols is 2. The molecule has 4 bridgehead atoms. The molecule has 17 heteroatoms. The number of thioether (sulfide) groups is 1. The molecule has 12 nitrogen and oxygen atoms in total. The van der Waals surface area contributed by atoms with E-state index in [9.17, 15) is 38.2 Å². The van der Waals surface area contributed by atoms with Gasteiger partial charge in [0.25, 0.3) is 0 Å². The van der Waals surface area contributed by atoms with Gasteiger partial charge in [-0.1, -0.05) is 18.2 Å². The van der Waals surface area contributed by atoms with Gasteiger partial charge >= 0.3 is 12.1 Å². The number of likely N-dealkylation sites (N-methyl/N-ethyl adjacent to an activating group) is 1. The average molecular weight is 1010 g/mol. The van der Waals surface area contributed by atoms with Crippen molar-refractivity contribution in [1.29, 1.82) is 5.26 Å². The van der Waals surface area contributed by atoms with Gasteiger partial charge in [0.2, 0.25) is 12.7 Å². The van der Waals surface area contributed by atoms with Crippen LogP contribution in [0.3, 0.4) is 0 Å². The van der Waals surface area contributed by atoms with Crippen molar-refractivity contribution in [2.45, 2.75) is 67.9 Å². The number of nitrogens with zero attached hydrogens (tertiary/aromatic N) is 3. The molecule has 0 aliphatic carbocycles. The maximum atomic E-state index is 13.8. The van der Waals surface area contributed by atoms with Gasteiger partial charge in [0.05, 0.1) is 36.1 Å². The van der Waals surface area contributed by atoms with E-state index in [1.807, 2.05) is 24.9 Å². The summed E-state index contributed by atoms with van der Waals surface area (Å²) in [6, 6.07) is 4.67. The number of benzene rings is 3. The van der Waals surface area contributed by atoms with Crippen molar-refractivity contribution in [1.82, 2.24) is 15.1 Å². The number of carbonyl (C=O) groups excluding carboxylic acids is 2. The van der Waals surface area contributed by atoms with Crippen LogP contribution in [0, 0.1) is 69.2 Å². The second kappa shape index (κ2) is 15.3. The number of methoxy groups -OCH3 is 1. The zero-order valence-electron chi connectivity index (χ0n) is 30.7. The molecular formula is C39H37AcF3N4O8S. The summed E-state index contributed by atoms with van der Waals surface area (Å²) in [6.07, 6.45) is -1.59. The molecule has 7 atom stereocenters. The van der Waals surface area contributed by atoms with Crippen molar-refractivity contribution in [2.75, 3.05) is 33.3 Å². The summed E-state index contributed by atoms with van der Waals surface area (Å²) in [5.41, 5.74) is 3.33. The maximum Gasteiger partial charge on any atom is 0.416 e. The number of alkyl halides is 3. The molecule has 0 saturated carbocycles. The zero-order chi connectivity index (χ0) is 39.1. The Morgan fingerprint density at radius 2 is 1.80 bits per heavy atom. The number of amides is 1. The summed E-state index contributed by atoms with van der Waals surface area (Å²) in [6.45, 7) is 3.21. The van der Waals surface area contributed by atoms with E-state index in [0.29, 0.717) is 51.5 Å². The monoisotopic (exact) mass is 1010 g/mol. The third kappa shape index (κ3) is 6.49. The van der Waals surface area contributed by atoms with Gasteiger partial charge in [-0.3, -0.25) is 14.6 Å². The fourth-order valence-corrected chi connectivity index (χ4v) is 10.5. The van der Waals surface area contributed by atoms with Crippen LogP contribution in [-0.2, 0) is 26.9 Å². The summed E-state index contributed by atoms with van der Waals surface area (Å²) in [4.78, 5) is 31.1. The van der Waals surface area contributed by atoms with Gasteiger partial charge in [0.15, 0.2) is 23.0 Å². The molecule has 9 rings (SSSR count). The van der Waals surface area contributed by atoms with Gasteiger partial charge < -0.3 is 34.5 Å². The second-order valence-electron chi connectivity index (χ2n) is 14.3. The van der Waals surface area contributed by atoms with Crippen molar-refractivity contribution in [2.24, 2.45) is 0 Å². The van der Waals surface area contributed by atoms with Crippen molar-refractivity contribution >= 4 is 29.7 Å². The Bertz CT molecular complexity index is 2180. The topological polar surface area (TPSA) is 154 Å². The zero-order valence-corrected chi connectivity index (χ0v) is 36.3. The van der Waals surface area contributed by atoms with Gasteiger partial charge in [-0.25, -0.2) is 4.79 Å². The number of nitrogens with one attached hydrogen (secondary N) is 1. The summed E-state index contributed by atoms with van der Waals surface area (Å²) in [7, 11) is 3.41. The van der Waals surface area contributed by atoms with E-state index in [2.05, 4.69) is 16.3 Å². The molecule has 6 heterocycles. The number of fused-ring (bicyclic) bond motifs is 10. The number of nitriles is 1. The molecule has 3 aromatic carbocycles. The summed E-state index contributed by atoms with van der Waals surface area (Å²) in [5.74, 6) is -0.383. The first kappa shape index (κ1) is 40.5.